The van der Waals surface area contributed by atoms with Gasteiger partial charge in [0.1, 0.15) is 12.4 Å². The highest BCUT2D eigenvalue weighted by Crippen LogP contribution is 2.34. The standard InChI is InChI=1S/C22H19BrFN3O5S/c1-32-20-12-15(11-17(23)22(20)29)13-25-26-21(28)14-27(19-10-6-5-9-18(19)24)33(30,31)16-7-3-2-4-8-16/h2-13,29H,14H2,1H3,(H,26,28)/b25-13-. The molecule has 2 N–H and O–H groups in total. The van der Waals surface area contributed by atoms with Crippen LogP contribution in [0.1, 0.15) is 5.56 Å². The number of methoxy groups -OCH3 is 1. The van der Waals surface area contributed by atoms with Gasteiger partial charge in [-0.25, -0.2) is 18.2 Å². The fraction of sp³-hybridized carbons (Fsp3) is 0.0909. The zero-order chi connectivity index (χ0) is 24.0. The number of benzene rings is 3. The van der Waals surface area contributed by atoms with Crippen molar-refractivity contribution in [3.8, 4) is 11.5 Å². The van der Waals surface area contributed by atoms with E-state index in [1.807, 2.05) is 0 Å². The van der Waals surface area contributed by atoms with E-state index < -0.39 is 28.3 Å². The fourth-order valence-corrected chi connectivity index (χ4v) is 4.75. The van der Waals surface area contributed by atoms with Gasteiger partial charge in [0.15, 0.2) is 11.5 Å². The molecule has 0 aromatic heterocycles. The Morgan fingerprint density at radius 2 is 1.85 bits per heavy atom. The van der Waals surface area contributed by atoms with Gasteiger partial charge in [-0.05, 0) is 57.9 Å². The molecule has 0 heterocycles. The number of carbonyl (C=O) groups excluding carboxylic acids is 1. The number of halogens is 2. The van der Waals surface area contributed by atoms with E-state index in [0.717, 1.165) is 6.07 Å². The zero-order valence-electron chi connectivity index (χ0n) is 17.3. The van der Waals surface area contributed by atoms with Crippen LogP contribution in [0.15, 0.2) is 81.2 Å². The van der Waals surface area contributed by atoms with Crippen LogP contribution in [0.2, 0.25) is 0 Å². The number of amides is 1. The number of hydrogen-bond donors (Lipinski definition) is 2. The van der Waals surface area contributed by atoms with Crippen LogP contribution in [0.3, 0.4) is 0 Å². The van der Waals surface area contributed by atoms with Gasteiger partial charge in [0.25, 0.3) is 15.9 Å². The summed E-state index contributed by atoms with van der Waals surface area (Å²) >= 11 is 3.18. The number of hydrazone groups is 1. The molecule has 0 atom stereocenters. The summed E-state index contributed by atoms with van der Waals surface area (Å²) in [6.45, 7) is -0.710. The van der Waals surface area contributed by atoms with Crippen molar-refractivity contribution in [2.75, 3.05) is 18.0 Å². The van der Waals surface area contributed by atoms with Crippen LogP contribution in [0, 0.1) is 5.82 Å². The molecule has 3 rings (SSSR count). The minimum absolute atomic E-state index is 0.0920. The summed E-state index contributed by atoms with van der Waals surface area (Å²) in [4.78, 5) is 12.4. The molecule has 172 valence electrons. The second-order valence-corrected chi connectivity index (χ2v) is 9.34. The highest BCUT2D eigenvalue weighted by atomic mass is 79.9. The zero-order valence-corrected chi connectivity index (χ0v) is 19.7. The van der Waals surface area contributed by atoms with Crippen molar-refractivity contribution < 1.29 is 27.4 Å². The highest BCUT2D eigenvalue weighted by Gasteiger charge is 2.28. The third-order valence-corrected chi connectivity index (χ3v) is 6.79. The Morgan fingerprint density at radius 1 is 1.18 bits per heavy atom. The lowest BCUT2D eigenvalue weighted by Crippen LogP contribution is -2.40. The molecule has 33 heavy (non-hydrogen) atoms. The normalized spacial score (nSPS) is 11.4. The van der Waals surface area contributed by atoms with E-state index in [2.05, 4.69) is 26.5 Å². The molecule has 0 aliphatic carbocycles. The Kier molecular flexibility index (Phi) is 7.67. The molecular weight excluding hydrogens is 517 g/mol. The van der Waals surface area contributed by atoms with Crippen LogP contribution in [0.4, 0.5) is 10.1 Å². The van der Waals surface area contributed by atoms with Crippen molar-refractivity contribution in [1.29, 1.82) is 0 Å². The lowest BCUT2D eigenvalue weighted by Gasteiger charge is -2.24. The van der Waals surface area contributed by atoms with Crippen LogP contribution < -0.4 is 14.5 Å². The van der Waals surface area contributed by atoms with Crippen molar-refractivity contribution in [3.63, 3.8) is 0 Å². The summed E-state index contributed by atoms with van der Waals surface area (Å²) in [5.41, 5.74) is 2.44. The number of hydrogen-bond acceptors (Lipinski definition) is 6. The van der Waals surface area contributed by atoms with Gasteiger partial charge >= 0.3 is 0 Å². The maximum atomic E-state index is 14.4. The quantitative estimate of drug-likeness (QED) is 0.338. The number of nitrogens with one attached hydrogen (secondary N) is 1. The van der Waals surface area contributed by atoms with Crippen molar-refractivity contribution in [2.45, 2.75) is 4.90 Å². The van der Waals surface area contributed by atoms with E-state index in [1.54, 1.807) is 12.1 Å². The minimum atomic E-state index is -4.24. The molecule has 0 saturated carbocycles. The van der Waals surface area contributed by atoms with Gasteiger partial charge in [0.05, 0.1) is 28.4 Å². The minimum Gasteiger partial charge on any atom is -0.503 e. The molecule has 8 nitrogen and oxygen atoms in total. The third-order valence-electron chi connectivity index (χ3n) is 4.41. The Balaban J connectivity index is 1.84. The lowest BCUT2D eigenvalue weighted by atomic mass is 10.2. The monoisotopic (exact) mass is 535 g/mol. The van der Waals surface area contributed by atoms with Crippen molar-refractivity contribution in [2.24, 2.45) is 5.10 Å². The molecule has 0 spiro atoms. The molecule has 0 unspecified atom stereocenters. The van der Waals surface area contributed by atoms with Crippen LogP contribution in [-0.2, 0) is 14.8 Å². The highest BCUT2D eigenvalue weighted by molar-refractivity contribution is 9.10. The topological polar surface area (TPSA) is 108 Å². The van der Waals surface area contributed by atoms with E-state index >= 15 is 0 Å². The Hall–Kier alpha value is -3.44. The largest absolute Gasteiger partial charge is 0.503 e. The molecule has 3 aromatic rings. The number of carbonyl (C=O) groups is 1. The molecule has 0 radical (unpaired) electrons. The number of rotatable bonds is 8. The molecule has 0 saturated heterocycles. The van der Waals surface area contributed by atoms with Crippen LogP contribution in [0.25, 0.3) is 0 Å². The van der Waals surface area contributed by atoms with Gasteiger partial charge < -0.3 is 9.84 Å². The summed E-state index contributed by atoms with van der Waals surface area (Å²) in [6.07, 6.45) is 1.28. The smallest absolute Gasteiger partial charge is 0.264 e. The molecule has 0 fully saturated rings. The summed E-state index contributed by atoms with van der Waals surface area (Å²) in [6, 6.07) is 15.7. The van der Waals surface area contributed by atoms with E-state index in [1.165, 1.54) is 61.9 Å². The second-order valence-electron chi connectivity index (χ2n) is 6.62. The number of ether oxygens (including phenoxy) is 1. The average Bonchev–Trinajstić information content (AvgIpc) is 2.80. The number of nitrogens with zero attached hydrogens (tertiary/aromatic N) is 2. The SMILES string of the molecule is COc1cc(/C=N\NC(=O)CN(c2ccccc2F)S(=O)(=O)c2ccccc2)cc(Br)c1O. The summed E-state index contributed by atoms with van der Waals surface area (Å²) in [5.74, 6) is -1.49. The van der Waals surface area contributed by atoms with Crippen molar-refractivity contribution >= 4 is 43.8 Å². The molecule has 0 aliphatic rings. The first-order valence-electron chi connectivity index (χ1n) is 9.44. The van der Waals surface area contributed by atoms with Gasteiger partial charge in [-0.2, -0.15) is 5.10 Å². The van der Waals surface area contributed by atoms with Gasteiger partial charge in [-0.15, -0.1) is 0 Å². The van der Waals surface area contributed by atoms with E-state index in [-0.39, 0.29) is 22.1 Å². The average molecular weight is 536 g/mol. The van der Waals surface area contributed by atoms with Crippen LogP contribution in [-0.4, -0.2) is 39.3 Å². The van der Waals surface area contributed by atoms with Crippen LogP contribution in [0.5, 0.6) is 11.5 Å². The van der Waals surface area contributed by atoms with Gasteiger partial charge in [-0.1, -0.05) is 30.3 Å². The molecular formula is C22H19BrFN3O5S. The van der Waals surface area contributed by atoms with E-state index in [0.29, 0.717) is 14.3 Å². The first kappa shape index (κ1) is 24.2. The Labute approximate surface area is 198 Å². The van der Waals surface area contributed by atoms with Gasteiger partial charge in [0.2, 0.25) is 0 Å². The predicted molar refractivity (Wildman–Crippen MR) is 125 cm³/mol. The number of anilines is 1. The first-order chi connectivity index (χ1) is 15.7. The molecule has 11 heteroatoms. The summed E-state index contributed by atoms with van der Waals surface area (Å²) in [7, 11) is -2.85. The Bertz CT molecular complexity index is 1290. The first-order valence-corrected chi connectivity index (χ1v) is 11.7. The molecule has 3 aromatic carbocycles. The fourth-order valence-electron chi connectivity index (χ4n) is 2.84. The maximum Gasteiger partial charge on any atom is 0.264 e. The van der Waals surface area contributed by atoms with Gasteiger partial charge in [0, 0.05) is 0 Å². The van der Waals surface area contributed by atoms with Crippen molar-refractivity contribution in [3.05, 3.63) is 82.6 Å². The lowest BCUT2D eigenvalue weighted by molar-refractivity contribution is -0.119. The van der Waals surface area contributed by atoms with Gasteiger partial charge in [-0.3, -0.25) is 9.10 Å². The molecule has 0 aliphatic heterocycles. The van der Waals surface area contributed by atoms with Crippen LogP contribution >= 0.6 is 15.9 Å². The number of para-hydroxylation sites is 1. The summed E-state index contributed by atoms with van der Waals surface area (Å²) in [5, 5.41) is 13.7. The number of aromatic hydroxyl groups is 1. The molecule has 0 bridgehead atoms. The molecule has 1 amide bonds. The van der Waals surface area contributed by atoms with Crippen molar-refractivity contribution in [1.82, 2.24) is 5.43 Å². The second kappa shape index (κ2) is 10.5. The number of phenolic OH excluding ortho intramolecular Hbond substituents is 1. The van der Waals surface area contributed by atoms with E-state index in [4.69, 9.17) is 4.74 Å². The number of phenols is 1. The predicted octanol–water partition coefficient (Wildman–Crippen LogP) is 3.65. The van der Waals surface area contributed by atoms with E-state index in [9.17, 15) is 22.7 Å². The number of sulfonamides is 1. The maximum absolute atomic E-state index is 14.4. The third kappa shape index (κ3) is 5.68. The Morgan fingerprint density at radius 3 is 2.52 bits per heavy atom. The summed E-state index contributed by atoms with van der Waals surface area (Å²) < 4.78 is 46.8.